The fourth-order valence-corrected chi connectivity index (χ4v) is 4.08. The third-order valence-corrected chi connectivity index (χ3v) is 6.27. The molecule has 0 aliphatic heterocycles. The Morgan fingerprint density at radius 1 is 0.600 bits per heavy atom. The highest BCUT2D eigenvalue weighted by atomic mass is 16.5. The molecule has 0 fully saturated rings. The fraction of sp³-hybridized carbons (Fsp3) is 0.125. The number of carbonyl (C=O) groups excluding carboxylic acids is 2. The van der Waals surface area contributed by atoms with Gasteiger partial charge in [0.05, 0.1) is 25.3 Å². The predicted octanol–water partition coefficient (Wildman–Crippen LogP) is 5.69. The first-order valence-corrected chi connectivity index (χ1v) is 12.4. The van der Waals surface area contributed by atoms with Crippen molar-refractivity contribution >= 4 is 24.4 Å². The smallest absolute Gasteiger partial charge is 0.337 e. The topological polar surface area (TPSA) is 118 Å². The number of aromatic hydroxyl groups is 2. The number of hydrogen-bond acceptors (Lipinski definition) is 8. The van der Waals surface area contributed by atoms with E-state index in [1.54, 1.807) is 109 Å². The SMILES string of the molecule is COC(=O)c1ccc([C@@H](N=Cc2ccccc2O)[C@@H](N=Cc2ccccc2O)c2ccc(C(=O)OC)cc2)cc1. The number of ether oxygens (including phenoxy) is 2. The zero-order valence-electron chi connectivity index (χ0n) is 22.0. The average molecular weight is 537 g/mol. The maximum Gasteiger partial charge on any atom is 0.337 e. The Kier molecular flexibility index (Phi) is 9.04. The van der Waals surface area contributed by atoms with Gasteiger partial charge in [-0.05, 0) is 59.7 Å². The molecule has 4 aromatic carbocycles. The summed E-state index contributed by atoms with van der Waals surface area (Å²) < 4.78 is 9.66. The second-order valence-electron chi connectivity index (χ2n) is 8.79. The van der Waals surface area contributed by atoms with Crippen molar-refractivity contribution in [1.29, 1.82) is 0 Å². The molecule has 4 rings (SSSR count). The molecule has 0 amide bonds. The van der Waals surface area contributed by atoms with E-state index in [1.807, 2.05) is 0 Å². The summed E-state index contributed by atoms with van der Waals surface area (Å²) in [4.78, 5) is 33.7. The third-order valence-electron chi connectivity index (χ3n) is 6.27. The Morgan fingerprint density at radius 2 is 0.950 bits per heavy atom. The van der Waals surface area contributed by atoms with Gasteiger partial charge in [0.1, 0.15) is 23.6 Å². The Morgan fingerprint density at radius 3 is 1.27 bits per heavy atom. The minimum atomic E-state index is -0.627. The molecule has 0 aliphatic rings. The molecule has 0 aromatic heterocycles. The molecule has 2 N–H and O–H groups in total. The summed E-state index contributed by atoms with van der Waals surface area (Å²) in [6.07, 6.45) is 3.14. The molecule has 4 aromatic rings. The van der Waals surface area contributed by atoms with Crippen molar-refractivity contribution in [2.75, 3.05) is 14.2 Å². The third kappa shape index (κ3) is 6.60. The summed E-state index contributed by atoms with van der Waals surface area (Å²) in [5, 5.41) is 20.6. The van der Waals surface area contributed by atoms with Crippen LogP contribution in [0.3, 0.4) is 0 Å². The lowest BCUT2D eigenvalue weighted by atomic mass is 9.92. The molecule has 0 radical (unpaired) electrons. The molecule has 40 heavy (non-hydrogen) atoms. The first-order chi connectivity index (χ1) is 19.4. The van der Waals surface area contributed by atoms with Crippen molar-refractivity contribution in [3.63, 3.8) is 0 Å². The Balaban J connectivity index is 1.84. The maximum absolute atomic E-state index is 12.0. The van der Waals surface area contributed by atoms with Gasteiger partial charge in [-0.25, -0.2) is 9.59 Å². The highest BCUT2D eigenvalue weighted by Crippen LogP contribution is 2.36. The summed E-state index contributed by atoms with van der Waals surface area (Å²) in [6, 6.07) is 26.0. The highest BCUT2D eigenvalue weighted by molar-refractivity contribution is 5.90. The molecule has 202 valence electrons. The summed E-state index contributed by atoms with van der Waals surface area (Å²) >= 11 is 0. The van der Waals surface area contributed by atoms with Crippen LogP contribution in [0.15, 0.2) is 107 Å². The molecule has 0 unspecified atom stereocenters. The predicted molar refractivity (Wildman–Crippen MR) is 152 cm³/mol. The number of carbonyl (C=O) groups is 2. The number of methoxy groups -OCH3 is 2. The fourth-order valence-electron chi connectivity index (χ4n) is 4.08. The maximum atomic E-state index is 12.0. The summed E-state index contributed by atoms with van der Waals surface area (Å²) in [5.41, 5.74) is 3.26. The van der Waals surface area contributed by atoms with Crippen LogP contribution < -0.4 is 0 Å². The number of rotatable bonds is 9. The number of phenolic OH excluding ortho intramolecular Hbond substituents is 2. The quantitative estimate of drug-likeness (QED) is 0.210. The first-order valence-electron chi connectivity index (χ1n) is 12.4. The van der Waals surface area contributed by atoms with Gasteiger partial charge < -0.3 is 19.7 Å². The van der Waals surface area contributed by atoms with E-state index in [4.69, 9.17) is 19.5 Å². The van der Waals surface area contributed by atoms with Gasteiger partial charge in [-0.15, -0.1) is 0 Å². The van der Waals surface area contributed by atoms with Gasteiger partial charge >= 0.3 is 11.9 Å². The van der Waals surface area contributed by atoms with Gasteiger partial charge in [0.2, 0.25) is 0 Å². The minimum Gasteiger partial charge on any atom is -0.507 e. The number of nitrogens with zero attached hydrogens (tertiary/aromatic N) is 2. The van der Waals surface area contributed by atoms with Crippen LogP contribution in [0.4, 0.5) is 0 Å². The molecule has 0 heterocycles. The lowest BCUT2D eigenvalue weighted by Crippen LogP contribution is -2.11. The van der Waals surface area contributed by atoms with Gasteiger partial charge in [0, 0.05) is 23.6 Å². The van der Waals surface area contributed by atoms with E-state index in [9.17, 15) is 19.8 Å². The van der Waals surface area contributed by atoms with E-state index in [0.717, 1.165) is 11.1 Å². The van der Waals surface area contributed by atoms with Crippen molar-refractivity contribution in [2.24, 2.45) is 9.98 Å². The lowest BCUT2D eigenvalue weighted by molar-refractivity contribution is 0.0592. The molecule has 8 heteroatoms. The van der Waals surface area contributed by atoms with Gasteiger partial charge in [-0.3, -0.25) is 9.98 Å². The van der Waals surface area contributed by atoms with Gasteiger partial charge in [-0.1, -0.05) is 48.5 Å². The zero-order chi connectivity index (χ0) is 28.5. The molecule has 0 saturated carbocycles. The van der Waals surface area contributed by atoms with E-state index in [2.05, 4.69) is 0 Å². The standard InChI is InChI=1S/C32H28N2O6/c1-39-31(37)23-15-11-21(12-16-23)29(33-19-25-7-3-5-9-27(25)35)30(34-20-26-8-4-6-10-28(26)36)22-13-17-24(18-14-22)32(38)40-2/h3-20,29-30,35-36H,1-2H3/t29-,30+. The van der Waals surface area contributed by atoms with E-state index in [1.165, 1.54) is 14.2 Å². The number of hydrogen-bond donors (Lipinski definition) is 2. The minimum absolute atomic E-state index is 0.0720. The van der Waals surface area contributed by atoms with Crippen LogP contribution >= 0.6 is 0 Å². The van der Waals surface area contributed by atoms with Crippen molar-refractivity contribution in [1.82, 2.24) is 0 Å². The Hall–Kier alpha value is -5.24. The van der Waals surface area contributed by atoms with Crippen LogP contribution in [0.25, 0.3) is 0 Å². The number of phenols is 2. The molecule has 8 nitrogen and oxygen atoms in total. The van der Waals surface area contributed by atoms with E-state index in [-0.39, 0.29) is 11.5 Å². The zero-order valence-corrected chi connectivity index (χ0v) is 22.0. The van der Waals surface area contributed by atoms with Gasteiger partial charge in [-0.2, -0.15) is 0 Å². The van der Waals surface area contributed by atoms with Crippen molar-refractivity contribution < 1.29 is 29.3 Å². The second-order valence-corrected chi connectivity index (χ2v) is 8.79. The van der Waals surface area contributed by atoms with Crippen LogP contribution in [0.5, 0.6) is 11.5 Å². The monoisotopic (exact) mass is 536 g/mol. The largest absolute Gasteiger partial charge is 0.507 e. The van der Waals surface area contributed by atoms with E-state index < -0.39 is 24.0 Å². The van der Waals surface area contributed by atoms with E-state index >= 15 is 0 Å². The Labute approximate surface area is 231 Å². The second kappa shape index (κ2) is 13.0. The summed E-state index contributed by atoms with van der Waals surface area (Å²) in [5.74, 6) is -0.785. The van der Waals surface area contributed by atoms with Crippen molar-refractivity contribution in [3.05, 3.63) is 130 Å². The molecule has 0 aliphatic carbocycles. The lowest BCUT2D eigenvalue weighted by Gasteiger charge is -2.22. The van der Waals surface area contributed by atoms with Crippen molar-refractivity contribution in [3.8, 4) is 11.5 Å². The number of esters is 2. The molecular formula is C32H28N2O6. The first kappa shape index (κ1) is 27.8. The van der Waals surface area contributed by atoms with E-state index in [0.29, 0.717) is 22.3 Å². The number of benzene rings is 4. The summed E-state index contributed by atoms with van der Waals surface area (Å²) in [6.45, 7) is 0. The molecule has 0 saturated heterocycles. The van der Waals surface area contributed by atoms with Gasteiger partial charge in [0.25, 0.3) is 0 Å². The van der Waals surface area contributed by atoms with Crippen LogP contribution in [0.1, 0.15) is 55.1 Å². The number of para-hydroxylation sites is 2. The average Bonchev–Trinajstić information content (AvgIpc) is 2.99. The van der Waals surface area contributed by atoms with Crippen LogP contribution in [-0.2, 0) is 9.47 Å². The molecular weight excluding hydrogens is 508 g/mol. The normalized spacial score (nSPS) is 12.8. The van der Waals surface area contributed by atoms with Crippen LogP contribution in [-0.4, -0.2) is 48.8 Å². The van der Waals surface area contributed by atoms with Crippen LogP contribution in [0.2, 0.25) is 0 Å². The highest BCUT2D eigenvalue weighted by Gasteiger charge is 2.25. The van der Waals surface area contributed by atoms with Gasteiger partial charge in [0.15, 0.2) is 0 Å². The molecule has 0 spiro atoms. The van der Waals surface area contributed by atoms with Crippen LogP contribution in [0, 0.1) is 0 Å². The molecule has 2 atom stereocenters. The van der Waals surface area contributed by atoms with Crippen molar-refractivity contribution in [2.45, 2.75) is 12.1 Å². The molecule has 0 bridgehead atoms. The number of aliphatic imine (C=N–C) groups is 2. The summed E-state index contributed by atoms with van der Waals surface area (Å²) in [7, 11) is 2.63. The Bertz CT molecular complexity index is 1410.